The largest absolute Gasteiger partial charge is 0.497 e. The van der Waals surface area contributed by atoms with Crippen LogP contribution in [-0.2, 0) is 51.8 Å². The average molecular weight is 1680 g/mol. The van der Waals surface area contributed by atoms with Gasteiger partial charge in [0.25, 0.3) is 11.4 Å². The van der Waals surface area contributed by atoms with E-state index >= 15 is 0 Å². The number of nitro benzene ring substituents is 2. The molecule has 9 rings (SSSR count). The molecule has 0 saturated heterocycles. The molecule has 0 unspecified atom stereocenters. The van der Waals surface area contributed by atoms with Gasteiger partial charge < -0.3 is 18.3 Å². The summed E-state index contributed by atoms with van der Waals surface area (Å²) in [6, 6.07) is 39.6. The van der Waals surface area contributed by atoms with E-state index in [0.29, 0.717) is 34.1 Å². The van der Waals surface area contributed by atoms with E-state index in [2.05, 4.69) is 200 Å². The predicted molar refractivity (Wildman–Crippen MR) is 470 cm³/mol. The maximum absolute atomic E-state index is 10.5. The topological polar surface area (TPSA) is 131 Å². The van der Waals surface area contributed by atoms with E-state index in [1.807, 2.05) is 133 Å². The van der Waals surface area contributed by atoms with Crippen molar-refractivity contribution in [3.8, 4) is 11.5 Å². The minimum atomic E-state index is -0.376. The summed E-state index contributed by atoms with van der Waals surface area (Å²) in [5.41, 5.74) is 15.8. The highest BCUT2D eigenvalue weighted by molar-refractivity contribution is 9.10. The van der Waals surface area contributed by atoms with Crippen LogP contribution < -0.4 is 9.47 Å². The Balaban J connectivity index is 0. The molecule has 0 amide bonds. The Kier molecular flexibility index (Phi) is 58.5. The molecule has 25 heteroatoms. The van der Waals surface area contributed by atoms with E-state index in [9.17, 15) is 20.2 Å². The Morgan fingerprint density at radius 2 is 1.04 bits per heavy atom. The Labute approximate surface area is 673 Å². The second-order valence-corrected chi connectivity index (χ2v) is 27.6. The highest BCUT2D eigenvalue weighted by Gasteiger charge is 2.14. The number of halogens is 3. The molecule has 0 N–H and O–H groups in total. The van der Waals surface area contributed by atoms with Gasteiger partial charge in [0.1, 0.15) is 28.8 Å². The molecule has 0 fully saturated rings. The summed E-state index contributed by atoms with van der Waals surface area (Å²) < 4.78 is 21.5. The van der Waals surface area contributed by atoms with E-state index in [4.69, 9.17) is 41.5 Å². The first-order valence-corrected chi connectivity index (χ1v) is 40.2. The maximum Gasteiger partial charge on any atom is 0.273 e. The highest BCUT2D eigenvalue weighted by Crippen LogP contribution is 2.29. The van der Waals surface area contributed by atoms with Crippen molar-refractivity contribution in [1.82, 2.24) is 0 Å². The zero-order valence-corrected chi connectivity index (χ0v) is 72.3. The fraction of sp³-hybridized carbons (Fsp3) is 0.351. The molecule has 3 heterocycles. The summed E-state index contributed by atoms with van der Waals surface area (Å²) >= 11 is 61.7. The number of unbranched alkanes of at least 4 members (excludes halogenated alkanes) is 1. The summed E-state index contributed by atoms with van der Waals surface area (Å²) in [4.78, 5) is 21.6. The molecule has 0 saturated carbocycles. The Bertz CT molecular complexity index is 3600. The second kappa shape index (κ2) is 59.2. The average Bonchev–Trinajstić information content (AvgIpc) is 1.62. The molecule has 0 spiro atoms. The van der Waals surface area contributed by atoms with Gasteiger partial charge in [0.2, 0.25) is 0 Å². The molecular weight excluding hydrogens is 1580 g/mol. The van der Waals surface area contributed by atoms with Gasteiger partial charge >= 0.3 is 0 Å². The number of nitrogens with zero attached hydrogens (tertiary/aromatic N) is 2. The van der Waals surface area contributed by atoms with Crippen LogP contribution in [0.25, 0.3) is 0 Å². The van der Waals surface area contributed by atoms with Crippen LogP contribution in [-0.4, -0.2) is 35.6 Å². The van der Waals surface area contributed by atoms with Crippen LogP contribution in [0.3, 0.4) is 0 Å². The van der Waals surface area contributed by atoms with Crippen molar-refractivity contribution in [3.05, 3.63) is 274 Å². The van der Waals surface area contributed by atoms with Crippen LogP contribution in [0.15, 0.2) is 152 Å². The van der Waals surface area contributed by atoms with Crippen molar-refractivity contribution >= 4 is 201 Å². The lowest BCUT2D eigenvalue weighted by atomic mass is 10.1. The minimum Gasteiger partial charge on any atom is -0.497 e. The molecule has 546 valence electrons. The summed E-state index contributed by atoms with van der Waals surface area (Å²) in [6.45, 7) is 22.0. The molecule has 0 atom stereocenters. The number of nitro groups is 2. The van der Waals surface area contributed by atoms with Crippen LogP contribution in [0.5, 0.6) is 11.5 Å². The second-order valence-electron chi connectivity index (χ2n) is 20.8. The smallest absolute Gasteiger partial charge is 0.273 e. The first kappa shape index (κ1) is 97.9. The van der Waals surface area contributed by atoms with E-state index in [1.165, 1.54) is 85.5 Å². The van der Waals surface area contributed by atoms with Crippen LogP contribution in [0.1, 0.15) is 127 Å². The first-order valence-electron chi connectivity index (χ1n) is 30.8. The molecular formula is C74H99BrCl2N2O8S12. The van der Waals surface area contributed by atoms with E-state index in [-0.39, 0.29) is 21.2 Å². The lowest BCUT2D eigenvalue weighted by molar-refractivity contribution is -0.385. The molecule has 0 radical (unpaired) electrons. The van der Waals surface area contributed by atoms with Gasteiger partial charge in [-0.05, 0) is 219 Å². The molecule has 99 heavy (non-hydrogen) atoms. The van der Waals surface area contributed by atoms with Gasteiger partial charge in [-0.1, -0.05) is 108 Å². The number of aryl methyl sites for hydroxylation is 7. The summed E-state index contributed by atoms with van der Waals surface area (Å²) in [6.07, 6.45) is 4.20. The van der Waals surface area contributed by atoms with Gasteiger partial charge in [0.05, 0.1) is 30.3 Å². The van der Waals surface area contributed by atoms with Crippen molar-refractivity contribution in [2.24, 2.45) is 0 Å². The van der Waals surface area contributed by atoms with Gasteiger partial charge in [0, 0.05) is 94.4 Å². The number of ether oxygens (including phenoxy) is 2. The number of methoxy groups -OCH3 is 2. The number of thiol groups is 11. The molecule has 0 aliphatic rings. The van der Waals surface area contributed by atoms with Gasteiger partial charge in [0.15, 0.2) is 0 Å². The van der Waals surface area contributed by atoms with Crippen LogP contribution in [0.2, 0.25) is 10.0 Å². The van der Waals surface area contributed by atoms with Crippen molar-refractivity contribution in [2.45, 2.75) is 141 Å². The number of benzene rings is 6. The van der Waals surface area contributed by atoms with Gasteiger partial charge in [-0.25, -0.2) is 0 Å². The standard InChI is InChI=1S/C9H11BrOS.C9H12OS.2C8H9ClS.2C8H9NO2S.2C6H8OS.C6H8S2.C4H10S.C2H6S/c1-6-3-7(11-2)4-9(10)8(6)5-12;1-7-8(6-11)4-3-5-9(7)10-2;1-6-4-8(9)3-2-7(6)5-10;1-6-2-3-8(9)4-7(6)5-10;1-6-7(5-12)3-2-4-8(6)9(10)11;1-6-3-2-4-8(9(10)11)7(6)5-12;1-5-2-3-7-6(5)4-8;1-5-2-3-6(4-8)7-5;1-5-6(4-7)2-3-8-5;1-2-3-4-5;1-2-3/h3-4,12H,5H2,1-2H3;3-5,11H,6H2,1-2H3;2*2-4,10H,5H2,1H3;2*2-4,12H,5H2,1H3;2*2-3,8H,4H2,1H3;2-3,7H,4H2,1H3;5H,2-4H2,1H3;3H,2H2,1H3. The highest BCUT2D eigenvalue weighted by atomic mass is 79.9. The number of thiophene rings is 1. The lowest BCUT2D eigenvalue weighted by Crippen LogP contribution is -1.95. The third-order valence-electron chi connectivity index (χ3n) is 13.8. The quantitative estimate of drug-likeness (QED) is 0.0278. The number of rotatable bonds is 15. The molecule has 0 aliphatic heterocycles. The van der Waals surface area contributed by atoms with Crippen molar-refractivity contribution in [1.29, 1.82) is 0 Å². The lowest BCUT2D eigenvalue weighted by Gasteiger charge is -2.08. The Morgan fingerprint density at radius 1 is 0.495 bits per heavy atom. The minimum absolute atomic E-state index is 0.157. The maximum atomic E-state index is 10.5. The van der Waals surface area contributed by atoms with Crippen molar-refractivity contribution in [3.63, 3.8) is 0 Å². The third kappa shape index (κ3) is 40.7. The molecule has 6 aromatic carbocycles. The van der Waals surface area contributed by atoms with Gasteiger partial charge in [-0.2, -0.15) is 139 Å². The Hall–Kier alpha value is -3.11. The Morgan fingerprint density at radius 3 is 1.41 bits per heavy atom. The van der Waals surface area contributed by atoms with E-state index in [1.54, 1.807) is 50.9 Å². The molecule has 10 nitrogen and oxygen atoms in total. The predicted octanol–water partition coefficient (Wildman–Crippen LogP) is 25.6. The third-order valence-corrected chi connectivity index (χ3v) is 19.1. The first-order chi connectivity index (χ1) is 47.1. The number of furan rings is 2. The normalized spacial score (nSPS) is 9.65. The fourth-order valence-electron chi connectivity index (χ4n) is 7.73. The van der Waals surface area contributed by atoms with Crippen LogP contribution in [0.4, 0.5) is 11.4 Å². The molecule has 0 bridgehead atoms. The summed E-state index contributed by atoms with van der Waals surface area (Å²) in [7, 11) is 3.35. The monoisotopic (exact) mass is 1680 g/mol. The summed E-state index contributed by atoms with van der Waals surface area (Å²) in [5.74, 6) is 12.9. The van der Waals surface area contributed by atoms with Gasteiger partial charge in [-0.15, -0.1) is 11.3 Å². The van der Waals surface area contributed by atoms with Crippen molar-refractivity contribution in [2.75, 3.05) is 25.7 Å². The molecule has 9 aromatic rings. The van der Waals surface area contributed by atoms with E-state index < -0.39 is 0 Å². The van der Waals surface area contributed by atoms with E-state index in [0.717, 1.165) is 94.7 Å². The molecule has 3 aromatic heterocycles. The number of hydrogen-bond acceptors (Lipinski definition) is 20. The number of hydrogen-bond donors (Lipinski definition) is 11. The zero-order valence-electron chi connectivity index (χ0n) is 58.6. The van der Waals surface area contributed by atoms with Gasteiger partial charge in [-0.3, -0.25) is 20.2 Å². The SMILES string of the molecule is CCCCS.CCS.COc1cc(C)c(CS)c(Br)c1.COc1cccc(CS)c1C.Cc1c(CS)cccc1[N+](=O)[O-].Cc1cc(Cl)ccc1CS.Cc1ccc(CS)o1.Cc1ccc(Cl)cc1CS.Cc1cccc([N+](=O)[O-])c1CS.Cc1ccoc1CS.Cc1sccc1CS. The van der Waals surface area contributed by atoms with Crippen molar-refractivity contribution < 1.29 is 28.2 Å². The molecule has 0 aliphatic carbocycles. The van der Waals surface area contributed by atoms with Crippen LogP contribution >= 0.6 is 189 Å². The van der Waals surface area contributed by atoms with Crippen LogP contribution in [0, 0.1) is 82.5 Å². The fourth-order valence-corrected chi connectivity index (χ4v) is 13.2. The summed E-state index contributed by atoms with van der Waals surface area (Å²) in [5, 5.41) is 24.7. The zero-order chi connectivity index (χ0) is 75.6.